The first-order valence-electron chi connectivity index (χ1n) is 5.36. The Morgan fingerprint density at radius 3 is 2.89 bits per heavy atom. The molecule has 1 aromatic heterocycles. The molecule has 18 heavy (non-hydrogen) atoms. The molecule has 1 aromatic carbocycles. The van der Waals surface area contributed by atoms with E-state index in [0.29, 0.717) is 23.5 Å². The lowest BCUT2D eigenvalue weighted by atomic mass is 10.1. The third-order valence-corrected chi connectivity index (χ3v) is 3.23. The van der Waals surface area contributed by atoms with E-state index in [9.17, 15) is 4.79 Å². The van der Waals surface area contributed by atoms with Crippen LogP contribution in [0.1, 0.15) is 16.1 Å². The molecular weight excluding hydrogens is 248 g/mol. The van der Waals surface area contributed by atoms with Crippen molar-refractivity contribution in [3.63, 3.8) is 0 Å². The van der Waals surface area contributed by atoms with E-state index in [2.05, 4.69) is 4.98 Å². The molecule has 0 saturated heterocycles. The minimum absolute atomic E-state index is 0.424. The number of hydrogen-bond acceptors (Lipinski definition) is 5. The topological polar surface area (TPSA) is 85.2 Å². The average Bonchev–Trinajstić information content (AvgIpc) is 2.81. The van der Waals surface area contributed by atoms with Crippen LogP contribution >= 0.6 is 11.3 Å². The number of thiazole rings is 1. The molecule has 0 bridgehead atoms. The molecule has 5 nitrogen and oxygen atoms in total. The number of carbonyl (C=O) groups is 1. The zero-order chi connectivity index (χ0) is 13.1. The highest BCUT2D eigenvalue weighted by atomic mass is 32.1. The van der Waals surface area contributed by atoms with Gasteiger partial charge in [-0.3, -0.25) is 4.79 Å². The number of carbonyl (C=O) groups excluding carboxylic acids is 1. The van der Waals surface area contributed by atoms with Crippen LogP contribution in [0, 0.1) is 0 Å². The lowest BCUT2D eigenvalue weighted by Crippen LogP contribution is -2.23. The van der Waals surface area contributed by atoms with Gasteiger partial charge >= 0.3 is 0 Å². The fourth-order valence-corrected chi connectivity index (χ4v) is 2.37. The van der Waals surface area contributed by atoms with Crippen molar-refractivity contribution >= 4 is 28.6 Å². The van der Waals surface area contributed by atoms with Crippen LogP contribution in [-0.4, -0.2) is 17.9 Å². The number of para-hydroxylation sites is 1. The van der Waals surface area contributed by atoms with Crippen LogP contribution < -0.4 is 16.4 Å². The summed E-state index contributed by atoms with van der Waals surface area (Å²) in [6.45, 7) is 0.581. The van der Waals surface area contributed by atoms with Crippen LogP contribution in [0.3, 0.4) is 0 Å². The molecule has 0 unspecified atom stereocenters. The Labute approximate surface area is 109 Å². The molecule has 0 saturated carbocycles. The molecule has 1 heterocycles. The third kappa shape index (κ3) is 2.43. The van der Waals surface area contributed by atoms with Crippen LogP contribution in [0.15, 0.2) is 29.1 Å². The number of nitrogen functional groups attached to an aromatic ring is 1. The first kappa shape index (κ1) is 12.4. The molecule has 2 rings (SSSR count). The summed E-state index contributed by atoms with van der Waals surface area (Å²) in [5.41, 5.74) is 15.6. The van der Waals surface area contributed by atoms with Gasteiger partial charge in [0.25, 0.3) is 5.91 Å². The van der Waals surface area contributed by atoms with E-state index >= 15 is 0 Å². The van der Waals surface area contributed by atoms with Gasteiger partial charge < -0.3 is 16.4 Å². The number of hydrogen-bond donors (Lipinski definition) is 2. The van der Waals surface area contributed by atoms with Gasteiger partial charge in [-0.2, -0.15) is 0 Å². The van der Waals surface area contributed by atoms with Crippen LogP contribution in [0.2, 0.25) is 0 Å². The van der Waals surface area contributed by atoms with E-state index in [4.69, 9.17) is 11.5 Å². The van der Waals surface area contributed by atoms with Crippen molar-refractivity contribution in [3.8, 4) is 0 Å². The number of anilines is 2. The smallest absolute Gasteiger partial charge is 0.250 e. The highest BCUT2D eigenvalue weighted by Crippen LogP contribution is 2.27. The average molecular weight is 262 g/mol. The van der Waals surface area contributed by atoms with Gasteiger partial charge in [-0.25, -0.2) is 4.98 Å². The van der Waals surface area contributed by atoms with Gasteiger partial charge in [0, 0.05) is 12.4 Å². The highest BCUT2D eigenvalue weighted by molar-refractivity contribution is 7.07. The van der Waals surface area contributed by atoms with Crippen molar-refractivity contribution in [2.75, 3.05) is 17.7 Å². The molecule has 0 aliphatic carbocycles. The summed E-state index contributed by atoms with van der Waals surface area (Å²) in [5.74, 6) is -0.484. The Bertz CT molecular complexity index is 553. The largest absolute Gasteiger partial charge is 0.397 e. The fourth-order valence-electron chi connectivity index (χ4n) is 1.82. The quantitative estimate of drug-likeness (QED) is 0.817. The first-order chi connectivity index (χ1) is 8.59. The molecule has 0 spiro atoms. The maximum Gasteiger partial charge on any atom is 0.250 e. The summed E-state index contributed by atoms with van der Waals surface area (Å²) in [5, 5.41) is 1.96. The normalized spacial score (nSPS) is 10.3. The summed E-state index contributed by atoms with van der Waals surface area (Å²) in [4.78, 5) is 17.5. The summed E-state index contributed by atoms with van der Waals surface area (Å²) in [7, 11) is 1.86. The van der Waals surface area contributed by atoms with Crippen LogP contribution in [0.25, 0.3) is 0 Å². The number of amides is 1. The fraction of sp³-hybridized carbons (Fsp3) is 0.167. The van der Waals surface area contributed by atoms with E-state index in [1.54, 1.807) is 23.7 Å². The lowest BCUT2D eigenvalue weighted by molar-refractivity contribution is 0.100. The van der Waals surface area contributed by atoms with Crippen LogP contribution in [-0.2, 0) is 6.54 Å². The van der Waals surface area contributed by atoms with Crippen molar-refractivity contribution in [3.05, 3.63) is 40.3 Å². The van der Waals surface area contributed by atoms with Gasteiger partial charge in [-0.05, 0) is 12.1 Å². The van der Waals surface area contributed by atoms with Gasteiger partial charge in [0.1, 0.15) is 0 Å². The van der Waals surface area contributed by atoms with Gasteiger partial charge in [-0.15, -0.1) is 11.3 Å². The number of primary amides is 1. The van der Waals surface area contributed by atoms with Crippen molar-refractivity contribution in [2.45, 2.75) is 6.54 Å². The maximum absolute atomic E-state index is 11.4. The molecule has 4 N–H and O–H groups in total. The summed E-state index contributed by atoms with van der Waals surface area (Å²) >= 11 is 1.53. The van der Waals surface area contributed by atoms with Gasteiger partial charge in [0.15, 0.2) is 0 Å². The van der Waals surface area contributed by atoms with Crippen molar-refractivity contribution in [1.29, 1.82) is 0 Å². The minimum atomic E-state index is -0.484. The Balaban J connectivity index is 2.34. The zero-order valence-corrected chi connectivity index (χ0v) is 10.8. The number of aromatic nitrogens is 1. The van der Waals surface area contributed by atoms with Crippen molar-refractivity contribution in [1.82, 2.24) is 4.98 Å². The van der Waals surface area contributed by atoms with E-state index in [-0.39, 0.29) is 0 Å². The number of benzene rings is 1. The molecule has 0 radical (unpaired) electrons. The second-order valence-electron chi connectivity index (χ2n) is 3.94. The van der Waals surface area contributed by atoms with E-state index in [1.807, 2.05) is 17.3 Å². The summed E-state index contributed by atoms with van der Waals surface area (Å²) < 4.78 is 0. The standard InChI is InChI=1S/C12H14N4OS/c1-16(5-8-6-18-7-15-8)11-9(12(14)17)3-2-4-10(11)13/h2-4,6-7H,5,13H2,1H3,(H2,14,17). The monoisotopic (exact) mass is 262 g/mol. The number of rotatable bonds is 4. The molecule has 6 heteroatoms. The minimum Gasteiger partial charge on any atom is -0.397 e. The second kappa shape index (κ2) is 5.05. The Hall–Kier alpha value is -2.08. The predicted molar refractivity (Wildman–Crippen MR) is 73.6 cm³/mol. The molecule has 0 aliphatic rings. The highest BCUT2D eigenvalue weighted by Gasteiger charge is 2.15. The van der Waals surface area contributed by atoms with E-state index < -0.39 is 5.91 Å². The third-order valence-electron chi connectivity index (χ3n) is 2.60. The van der Waals surface area contributed by atoms with Crippen molar-refractivity contribution < 1.29 is 4.79 Å². The van der Waals surface area contributed by atoms with Gasteiger partial charge in [0.05, 0.1) is 34.7 Å². The molecule has 0 fully saturated rings. The summed E-state index contributed by atoms with van der Waals surface area (Å²) in [6.07, 6.45) is 0. The molecule has 0 atom stereocenters. The molecule has 94 valence electrons. The molecule has 0 aliphatic heterocycles. The second-order valence-corrected chi connectivity index (χ2v) is 4.66. The number of nitrogens with two attached hydrogens (primary N) is 2. The Kier molecular flexibility index (Phi) is 3.47. The van der Waals surface area contributed by atoms with Crippen molar-refractivity contribution in [2.24, 2.45) is 5.73 Å². The summed E-state index contributed by atoms with van der Waals surface area (Å²) in [6, 6.07) is 5.14. The van der Waals surface area contributed by atoms with Gasteiger partial charge in [0.2, 0.25) is 0 Å². The molecule has 1 amide bonds. The Morgan fingerprint density at radius 2 is 2.28 bits per heavy atom. The van der Waals surface area contributed by atoms with Crippen LogP contribution in [0.5, 0.6) is 0 Å². The SMILES string of the molecule is CN(Cc1cscn1)c1c(N)cccc1C(N)=O. The maximum atomic E-state index is 11.4. The molecule has 2 aromatic rings. The first-order valence-corrected chi connectivity index (χ1v) is 6.30. The zero-order valence-electron chi connectivity index (χ0n) is 9.96. The van der Waals surface area contributed by atoms with Gasteiger partial charge in [-0.1, -0.05) is 6.07 Å². The number of nitrogens with zero attached hydrogens (tertiary/aromatic N) is 2. The Morgan fingerprint density at radius 1 is 1.50 bits per heavy atom. The van der Waals surface area contributed by atoms with Crippen LogP contribution in [0.4, 0.5) is 11.4 Å². The molecular formula is C12H14N4OS. The van der Waals surface area contributed by atoms with E-state index in [1.165, 1.54) is 11.3 Å². The predicted octanol–water partition coefficient (Wildman–Crippen LogP) is 1.46. The lowest BCUT2D eigenvalue weighted by Gasteiger charge is -2.22. The van der Waals surface area contributed by atoms with E-state index in [0.717, 1.165) is 5.69 Å².